The van der Waals surface area contributed by atoms with E-state index in [0.29, 0.717) is 6.07 Å². The van der Waals surface area contributed by atoms with E-state index in [2.05, 4.69) is 4.74 Å². The van der Waals surface area contributed by atoms with Crippen LogP contribution >= 0.6 is 10.7 Å². The first-order chi connectivity index (χ1) is 8.68. The van der Waals surface area contributed by atoms with Gasteiger partial charge in [-0.05, 0) is 12.1 Å². The summed E-state index contributed by atoms with van der Waals surface area (Å²) in [4.78, 5) is 8.53. The molecule has 102 valence electrons. The van der Waals surface area contributed by atoms with Crippen LogP contribution < -0.4 is 4.74 Å². The molecule has 0 saturated heterocycles. The summed E-state index contributed by atoms with van der Waals surface area (Å²) in [6.07, 6.45) is 0. The molecule has 19 heavy (non-hydrogen) atoms. The van der Waals surface area contributed by atoms with E-state index in [1.807, 2.05) is 0 Å². The quantitative estimate of drug-likeness (QED) is 0.477. The average molecular weight is 313 g/mol. The molecule has 11 heteroatoms. The zero-order valence-corrected chi connectivity index (χ0v) is 10.3. The van der Waals surface area contributed by atoms with Crippen LogP contribution in [0.15, 0.2) is 17.0 Å². The summed E-state index contributed by atoms with van der Waals surface area (Å²) < 4.78 is 50.5. The van der Waals surface area contributed by atoms with Crippen LogP contribution in [0.4, 0.5) is 14.5 Å². The highest BCUT2D eigenvalue weighted by Gasteiger charge is 2.31. The number of hydrogen-bond donors (Lipinski definition) is 0. The van der Waals surface area contributed by atoms with E-state index in [0.717, 1.165) is 6.07 Å². The van der Waals surface area contributed by atoms with Gasteiger partial charge in [0.05, 0.1) is 4.92 Å². The Kier molecular flexibility index (Phi) is 4.23. The molecule has 0 heterocycles. The number of benzene rings is 1. The van der Waals surface area contributed by atoms with Gasteiger partial charge in [-0.3, -0.25) is 10.1 Å². The first kappa shape index (κ1) is 15.1. The minimum absolute atomic E-state index is 0.635. The van der Waals surface area contributed by atoms with Crippen molar-refractivity contribution in [1.82, 2.24) is 0 Å². The first-order valence-electron chi connectivity index (χ1n) is 4.29. The second-order valence-electron chi connectivity index (χ2n) is 2.97. The predicted molar refractivity (Wildman–Crippen MR) is 57.5 cm³/mol. The Labute approximate surface area is 109 Å². The zero-order valence-electron chi connectivity index (χ0n) is 8.71. The monoisotopic (exact) mass is 312 g/mol. The third-order valence-corrected chi connectivity index (χ3v) is 3.21. The van der Waals surface area contributed by atoms with Crippen LogP contribution in [0.2, 0.25) is 0 Å². The molecule has 0 aromatic heterocycles. The summed E-state index contributed by atoms with van der Waals surface area (Å²) in [6, 6.07) is 2.81. The lowest BCUT2D eigenvalue weighted by Gasteiger charge is -2.09. The van der Waals surface area contributed by atoms with Crippen LogP contribution in [0.25, 0.3) is 0 Å². The largest absolute Gasteiger partial charge is 0.426 e. The Morgan fingerprint density at radius 2 is 2.05 bits per heavy atom. The molecule has 0 spiro atoms. The number of nitro groups is 1. The third kappa shape index (κ3) is 3.27. The Hall–Kier alpha value is -1.99. The van der Waals surface area contributed by atoms with Crippen molar-refractivity contribution in [2.75, 3.05) is 0 Å². The SMILES string of the molecule is N#Cc1ccc(S(=O)(=O)Cl)c(OC(F)F)c1[N+](=O)[O-]. The van der Waals surface area contributed by atoms with Crippen LogP contribution in [-0.4, -0.2) is 20.0 Å². The van der Waals surface area contributed by atoms with Gasteiger partial charge in [0.25, 0.3) is 9.05 Å². The molecule has 0 fully saturated rings. The minimum Gasteiger partial charge on any atom is -0.426 e. The minimum atomic E-state index is -4.56. The highest BCUT2D eigenvalue weighted by Crippen LogP contribution is 2.39. The summed E-state index contributed by atoms with van der Waals surface area (Å²) in [5.74, 6) is -1.27. The average Bonchev–Trinajstić information content (AvgIpc) is 2.25. The highest BCUT2D eigenvalue weighted by molar-refractivity contribution is 8.13. The molecule has 0 atom stereocenters. The molecule has 0 unspecified atom stereocenters. The van der Waals surface area contributed by atoms with Crippen LogP contribution in [0.1, 0.15) is 5.56 Å². The van der Waals surface area contributed by atoms with Gasteiger partial charge in [-0.2, -0.15) is 14.0 Å². The smallest absolute Gasteiger partial charge is 0.387 e. The fourth-order valence-electron chi connectivity index (χ4n) is 1.22. The first-order valence-corrected chi connectivity index (χ1v) is 6.60. The maximum absolute atomic E-state index is 12.2. The molecular weight excluding hydrogens is 310 g/mol. The summed E-state index contributed by atoms with van der Waals surface area (Å²) >= 11 is 0. The third-order valence-electron chi connectivity index (χ3n) is 1.87. The summed E-state index contributed by atoms with van der Waals surface area (Å²) in [5, 5.41) is 19.4. The normalized spacial score (nSPS) is 11.1. The zero-order chi connectivity index (χ0) is 14.8. The standard InChI is InChI=1S/C8H3ClF2N2O5S/c9-19(16,17)5-2-1-4(3-12)6(13(14)15)7(5)18-8(10)11/h1-2,8H. The molecule has 7 nitrogen and oxygen atoms in total. The second-order valence-corrected chi connectivity index (χ2v) is 5.51. The van der Waals surface area contributed by atoms with Crippen molar-refractivity contribution in [3.8, 4) is 11.8 Å². The van der Waals surface area contributed by atoms with Crippen molar-refractivity contribution in [3.63, 3.8) is 0 Å². The summed E-state index contributed by atoms with van der Waals surface area (Å²) in [5.41, 5.74) is -1.82. The molecule has 0 aliphatic rings. The molecular formula is C8H3ClF2N2O5S. The highest BCUT2D eigenvalue weighted by atomic mass is 35.7. The molecule has 1 aromatic carbocycles. The number of nitrogens with zero attached hydrogens (tertiary/aromatic N) is 2. The van der Waals surface area contributed by atoms with Crippen molar-refractivity contribution in [2.24, 2.45) is 0 Å². The van der Waals surface area contributed by atoms with E-state index in [1.54, 1.807) is 0 Å². The van der Waals surface area contributed by atoms with Crippen molar-refractivity contribution < 1.29 is 26.9 Å². The fourth-order valence-corrected chi connectivity index (χ4v) is 2.18. The number of nitro benzene ring substituents is 1. The van der Waals surface area contributed by atoms with Gasteiger partial charge < -0.3 is 4.74 Å². The predicted octanol–water partition coefficient (Wildman–Crippen LogP) is 2.00. The van der Waals surface area contributed by atoms with E-state index in [4.69, 9.17) is 15.9 Å². The van der Waals surface area contributed by atoms with Crippen LogP contribution in [0.3, 0.4) is 0 Å². The Bertz CT molecular complexity index is 670. The van der Waals surface area contributed by atoms with Gasteiger partial charge in [-0.15, -0.1) is 0 Å². The molecule has 1 rings (SSSR count). The second kappa shape index (κ2) is 5.33. The van der Waals surface area contributed by atoms with Crippen LogP contribution in [-0.2, 0) is 9.05 Å². The summed E-state index contributed by atoms with van der Waals surface area (Å²) in [6.45, 7) is -3.52. The van der Waals surface area contributed by atoms with Gasteiger partial charge in [0.1, 0.15) is 16.5 Å². The van der Waals surface area contributed by atoms with E-state index in [-0.39, 0.29) is 0 Å². The number of hydrogen-bond acceptors (Lipinski definition) is 6. The maximum Gasteiger partial charge on any atom is 0.387 e. The topological polar surface area (TPSA) is 110 Å². The van der Waals surface area contributed by atoms with E-state index in [1.165, 1.54) is 6.07 Å². The van der Waals surface area contributed by atoms with Crippen molar-refractivity contribution >= 4 is 25.4 Å². The van der Waals surface area contributed by atoms with Crippen LogP contribution in [0.5, 0.6) is 5.75 Å². The maximum atomic E-state index is 12.2. The lowest BCUT2D eigenvalue weighted by atomic mass is 10.2. The van der Waals surface area contributed by atoms with Crippen molar-refractivity contribution in [2.45, 2.75) is 11.5 Å². The molecule has 0 amide bonds. The fraction of sp³-hybridized carbons (Fsp3) is 0.125. The molecule has 0 N–H and O–H groups in total. The number of ether oxygens (including phenoxy) is 1. The number of alkyl halides is 2. The number of rotatable bonds is 4. The lowest BCUT2D eigenvalue weighted by Crippen LogP contribution is -2.09. The number of halogens is 3. The van der Waals surface area contributed by atoms with Gasteiger partial charge in [-0.25, -0.2) is 8.42 Å². The van der Waals surface area contributed by atoms with E-state index in [9.17, 15) is 27.3 Å². The van der Waals surface area contributed by atoms with Gasteiger partial charge >= 0.3 is 12.3 Å². The van der Waals surface area contributed by atoms with E-state index >= 15 is 0 Å². The van der Waals surface area contributed by atoms with E-state index < -0.39 is 42.5 Å². The Balaban J connectivity index is 3.75. The molecule has 0 radical (unpaired) electrons. The van der Waals surface area contributed by atoms with Crippen LogP contribution in [0, 0.1) is 21.4 Å². The Morgan fingerprint density at radius 1 is 1.47 bits per heavy atom. The summed E-state index contributed by atoms with van der Waals surface area (Å²) in [7, 11) is 0.401. The van der Waals surface area contributed by atoms with Gasteiger partial charge in [0.2, 0.25) is 5.75 Å². The van der Waals surface area contributed by atoms with Crippen molar-refractivity contribution in [1.29, 1.82) is 5.26 Å². The lowest BCUT2D eigenvalue weighted by molar-refractivity contribution is -0.387. The molecule has 0 saturated carbocycles. The van der Waals surface area contributed by atoms with Crippen molar-refractivity contribution in [3.05, 3.63) is 27.8 Å². The number of nitriles is 1. The molecule has 1 aromatic rings. The molecule has 0 aliphatic heterocycles. The van der Waals surface area contributed by atoms with Gasteiger partial charge in [0, 0.05) is 10.7 Å². The Morgan fingerprint density at radius 3 is 2.42 bits per heavy atom. The molecule has 0 bridgehead atoms. The molecule has 0 aliphatic carbocycles. The van der Waals surface area contributed by atoms with Gasteiger partial charge in [-0.1, -0.05) is 0 Å². The van der Waals surface area contributed by atoms with Gasteiger partial charge in [0.15, 0.2) is 0 Å².